The van der Waals surface area contributed by atoms with E-state index in [1.807, 2.05) is 11.8 Å². The third-order valence-corrected chi connectivity index (χ3v) is 6.40. The second-order valence-electron chi connectivity index (χ2n) is 8.05. The summed E-state index contributed by atoms with van der Waals surface area (Å²) in [6, 6.07) is 8.41. The molecule has 6 nitrogen and oxygen atoms in total. The van der Waals surface area contributed by atoms with Crippen LogP contribution in [0.15, 0.2) is 24.3 Å². The lowest BCUT2D eigenvalue weighted by Gasteiger charge is -2.43. The van der Waals surface area contributed by atoms with E-state index in [-0.39, 0.29) is 23.5 Å². The lowest BCUT2D eigenvalue weighted by Crippen LogP contribution is -2.55. The molecule has 1 aromatic carbocycles. The summed E-state index contributed by atoms with van der Waals surface area (Å²) in [4.78, 5) is 28.9. The minimum absolute atomic E-state index is 0.0596. The average Bonchev–Trinajstić information content (AvgIpc) is 2.89. The predicted molar refractivity (Wildman–Crippen MR) is 102 cm³/mol. The molecule has 4 rings (SSSR count). The van der Waals surface area contributed by atoms with Gasteiger partial charge in [0.2, 0.25) is 11.8 Å². The van der Waals surface area contributed by atoms with Crippen LogP contribution in [0.25, 0.3) is 0 Å². The maximum Gasteiger partial charge on any atom is 0.239 e. The molecule has 0 radical (unpaired) electrons. The molecule has 3 aliphatic heterocycles. The van der Waals surface area contributed by atoms with Gasteiger partial charge in [-0.1, -0.05) is 24.3 Å². The summed E-state index contributed by atoms with van der Waals surface area (Å²) in [5.41, 5.74) is 2.44. The normalized spacial score (nSPS) is 24.0. The minimum Gasteiger partial charge on any atom is -0.372 e. The Bertz CT molecular complexity index is 712. The summed E-state index contributed by atoms with van der Waals surface area (Å²) in [5, 5.41) is 2.96. The molecule has 1 N–H and O–H groups in total. The fourth-order valence-electron chi connectivity index (χ4n) is 4.48. The molecular formula is C21H29N3O3. The highest BCUT2D eigenvalue weighted by Crippen LogP contribution is 2.28. The number of amides is 2. The van der Waals surface area contributed by atoms with Gasteiger partial charge in [0.25, 0.3) is 0 Å². The number of carbonyl (C=O) groups is 2. The van der Waals surface area contributed by atoms with Crippen molar-refractivity contribution >= 4 is 11.8 Å². The zero-order valence-electron chi connectivity index (χ0n) is 16.1. The first-order valence-corrected chi connectivity index (χ1v) is 10.1. The van der Waals surface area contributed by atoms with E-state index in [1.54, 1.807) is 0 Å². The van der Waals surface area contributed by atoms with E-state index in [2.05, 4.69) is 34.5 Å². The van der Waals surface area contributed by atoms with Gasteiger partial charge in [-0.2, -0.15) is 0 Å². The second-order valence-corrected chi connectivity index (χ2v) is 8.05. The Morgan fingerprint density at radius 3 is 2.67 bits per heavy atom. The quantitative estimate of drug-likeness (QED) is 0.852. The Labute approximate surface area is 160 Å². The molecule has 1 unspecified atom stereocenters. The van der Waals surface area contributed by atoms with Crippen LogP contribution >= 0.6 is 0 Å². The molecule has 3 heterocycles. The number of nitrogens with zero attached hydrogens (tertiary/aromatic N) is 2. The number of fused-ring (bicyclic) bond motifs is 1. The van der Waals surface area contributed by atoms with E-state index in [4.69, 9.17) is 4.74 Å². The molecule has 1 atom stereocenters. The monoisotopic (exact) mass is 371 g/mol. The van der Waals surface area contributed by atoms with Gasteiger partial charge in [0.05, 0.1) is 18.2 Å². The lowest BCUT2D eigenvalue weighted by molar-refractivity contribution is -0.143. The molecule has 2 amide bonds. The van der Waals surface area contributed by atoms with Gasteiger partial charge >= 0.3 is 0 Å². The summed E-state index contributed by atoms with van der Waals surface area (Å²) in [6.45, 7) is 6.23. The van der Waals surface area contributed by atoms with Crippen molar-refractivity contribution in [3.8, 4) is 0 Å². The van der Waals surface area contributed by atoms with Crippen LogP contribution in [0.1, 0.15) is 37.3 Å². The van der Waals surface area contributed by atoms with Crippen LogP contribution in [-0.4, -0.2) is 66.0 Å². The molecule has 1 aromatic rings. The molecule has 146 valence electrons. The molecule has 0 aliphatic carbocycles. The number of benzene rings is 1. The summed E-state index contributed by atoms with van der Waals surface area (Å²) in [6.07, 6.45) is 3.01. The number of rotatable bonds is 2. The van der Waals surface area contributed by atoms with Crippen LogP contribution in [0.4, 0.5) is 0 Å². The predicted octanol–water partition coefficient (Wildman–Crippen LogP) is 1.33. The number of hydrogen-bond donors (Lipinski definition) is 1. The zero-order valence-corrected chi connectivity index (χ0v) is 16.1. The minimum atomic E-state index is -0.295. The van der Waals surface area contributed by atoms with E-state index in [1.165, 1.54) is 11.1 Å². The van der Waals surface area contributed by atoms with Crippen molar-refractivity contribution in [3.63, 3.8) is 0 Å². The topological polar surface area (TPSA) is 61.9 Å². The van der Waals surface area contributed by atoms with Crippen LogP contribution in [0.3, 0.4) is 0 Å². The largest absolute Gasteiger partial charge is 0.372 e. The Morgan fingerprint density at radius 2 is 1.89 bits per heavy atom. The smallest absolute Gasteiger partial charge is 0.239 e. The van der Waals surface area contributed by atoms with E-state index in [9.17, 15) is 9.59 Å². The van der Waals surface area contributed by atoms with Gasteiger partial charge in [0.15, 0.2) is 0 Å². The maximum atomic E-state index is 13.1. The second kappa shape index (κ2) is 7.60. The molecule has 0 bridgehead atoms. The molecule has 1 spiro atoms. The van der Waals surface area contributed by atoms with Gasteiger partial charge in [0, 0.05) is 39.1 Å². The van der Waals surface area contributed by atoms with Crippen molar-refractivity contribution in [2.45, 2.75) is 50.8 Å². The fraction of sp³-hybridized carbons (Fsp3) is 0.619. The number of likely N-dealkylation sites (tertiary alicyclic amines) is 1. The highest BCUT2D eigenvalue weighted by molar-refractivity contribution is 5.81. The average molecular weight is 371 g/mol. The first-order valence-electron chi connectivity index (χ1n) is 10.1. The van der Waals surface area contributed by atoms with Crippen LogP contribution < -0.4 is 5.32 Å². The summed E-state index contributed by atoms with van der Waals surface area (Å²) >= 11 is 0. The fourth-order valence-corrected chi connectivity index (χ4v) is 4.48. The van der Waals surface area contributed by atoms with Crippen molar-refractivity contribution in [1.82, 2.24) is 15.1 Å². The highest BCUT2D eigenvalue weighted by atomic mass is 16.5. The lowest BCUT2D eigenvalue weighted by atomic mass is 9.90. The van der Waals surface area contributed by atoms with E-state index in [0.717, 1.165) is 32.4 Å². The Morgan fingerprint density at radius 1 is 1.15 bits per heavy atom. The van der Waals surface area contributed by atoms with Crippen LogP contribution in [0, 0.1) is 0 Å². The van der Waals surface area contributed by atoms with Gasteiger partial charge in [-0.15, -0.1) is 0 Å². The molecule has 6 heteroatoms. The Kier molecular flexibility index (Phi) is 5.19. The maximum absolute atomic E-state index is 13.1. The number of piperidine rings is 1. The first kappa shape index (κ1) is 18.4. The number of nitrogens with one attached hydrogen (secondary N) is 1. The van der Waals surface area contributed by atoms with Gasteiger partial charge < -0.3 is 15.0 Å². The summed E-state index contributed by atoms with van der Waals surface area (Å²) in [5.74, 6) is 0.270. The standard InChI is InChI=1S/C21H29N3O3/c1-16(24-10-6-17-4-2-3-5-18(17)14-24)20(26)23-11-8-21(9-12-23)15-22-19(25)7-13-27-21/h2-5,16H,6-15H2,1H3,(H,22,25). The van der Waals surface area contributed by atoms with Gasteiger partial charge in [-0.25, -0.2) is 0 Å². The molecule has 2 fully saturated rings. The first-order chi connectivity index (χ1) is 13.1. The highest BCUT2D eigenvalue weighted by Gasteiger charge is 2.40. The van der Waals surface area contributed by atoms with Crippen LogP contribution in [0.5, 0.6) is 0 Å². The molecule has 0 aromatic heterocycles. The summed E-state index contributed by atoms with van der Waals surface area (Å²) < 4.78 is 6.01. The van der Waals surface area contributed by atoms with Crippen LogP contribution in [0.2, 0.25) is 0 Å². The van der Waals surface area contributed by atoms with Crippen molar-refractivity contribution < 1.29 is 14.3 Å². The third-order valence-electron chi connectivity index (χ3n) is 6.40. The molecule has 3 aliphatic rings. The van der Waals surface area contributed by atoms with Crippen molar-refractivity contribution in [2.24, 2.45) is 0 Å². The van der Waals surface area contributed by atoms with Crippen LogP contribution in [-0.2, 0) is 27.3 Å². The number of carbonyl (C=O) groups excluding carboxylic acids is 2. The number of hydrogen-bond acceptors (Lipinski definition) is 4. The van der Waals surface area contributed by atoms with Crippen molar-refractivity contribution in [1.29, 1.82) is 0 Å². The SMILES string of the molecule is CC(C(=O)N1CCC2(CC1)CNC(=O)CCO2)N1CCc2ccccc2C1. The van der Waals surface area contributed by atoms with Crippen molar-refractivity contribution in [2.75, 3.05) is 32.8 Å². The summed E-state index contributed by atoms with van der Waals surface area (Å²) in [7, 11) is 0. The van der Waals surface area contributed by atoms with Gasteiger partial charge in [-0.05, 0) is 37.3 Å². The van der Waals surface area contributed by atoms with E-state index in [0.29, 0.717) is 32.7 Å². The van der Waals surface area contributed by atoms with Gasteiger partial charge in [-0.3, -0.25) is 14.5 Å². The third kappa shape index (κ3) is 3.87. The molecule has 2 saturated heterocycles. The molecule has 0 saturated carbocycles. The number of ether oxygens (including phenoxy) is 1. The molecule has 27 heavy (non-hydrogen) atoms. The zero-order chi connectivity index (χ0) is 18.9. The van der Waals surface area contributed by atoms with Crippen molar-refractivity contribution in [3.05, 3.63) is 35.4 Å². The Balaban J connectivity index is 1.35. The van der Waals surface area contributed by atoms with E-state index < -0.39 is 0 Å². The Hall–Kier alpha value is -1.92. The van der Waals surface area contributed by atoms with E-state index >= 15 is 0 Å². The molecular weight excluding hydrogens is 342 g/mol. The van der Waals surface area contributed by atoms with Gasteiger partial charge in [0.1, 0.15) is 0 Å².